The number of benzene rings is 2. The summed E-state index contributed by atoms with van der Waals surface area (Å²) in [6, 6.07) is 14.3. The van der Waals surface area contributed by atoms with E-state index in [0.717, 1.165) is 61.1 Å². The van der Waals surface area contributed by atoms with Crippen LogP contribution in [0, 0.1) is 24.1 Å². The van der Waals surface area contributed by atoms with Gasteiger partial charge in [0.1, 0.15) is 18.2 Å². The average Bonchev–Trinajstić information content (AvgIpc) is 3.43. The smallest absolute Gasteiger partial charge is 0.307 e. The van der Waals surface area contributed by atoms with Crippen LogP contribution in [0.1, 0.15) is 86.2 Å². The molecule has 0 radical (unpaired) electrons. The fourth-order valence-electron chi connectivity index (χ4n) is 7.49. The lowest BCUT2D eigenvalue weighted by molar-refractivity contribution is -0.149. The first-order valence-corrected chi connectivity index (χ1v) is 13.9. The quantitative estimate of drug-likeness (QED) is 0.366. The number of carboxylic acid groups (broad SMARTS) is 1. The van der Waals surface area contributed by atoms with Crippen molar-refractivity contribution in [2.75, 3.05) is 0 Å². The van der Waals surface area contributed by atoms with Gasteiger partial charge in [0.15, 0.2) is 0 Å². The number of hydrogen-bond donors (Lipinski definition) is 1. The number of pyridine rings is 1. The Labute approximate surface area is 224 Å². The highest BCUT2D eigenvalue weighted by atomic mass is 19.1. The van der Waals surface area contributed by atoms with Gasteiger partial charge in [-0.3, -0.25) is 9.78 Å². The molecule has 0 unspecified atom stereocenters. The molecule has 0 saturated heterocycles. The molecule has 38 heavy (non-hydrogen) atoms. The summed E-state index contributed by atoms with van der Waals surface area (Å²) < 4.78 is 21.2. The number of aryl methyl sites for hydroxylation is 2. The minimum atomic E-state index is -0.682. The van der Waals surface area contributed by atoms with Gasteiger partial charge in [-0.15, -0.1) is 0 Å². The van der Waals surface area contributed by atoms with Crippen molar-refractivity contribution < 1.29 is 19.0 Å². The van der Waals surface area contributed by atoms with Crippen LogP contribution in [0.5, 0.6) is 5.75 Å². The SMILES string of the molecule is Cc1cc(-c2ccc(COc3ccc4c(c3)[C@@]3(CC4)CC[C@H]3C(=O)O)cc2[C@@H]2CCCC2(C)C)c(F)cn1. The van der Waals surface area contributed by atoms with Crippen molar-refractivity contribution in [2.24, 2.45) is 11.3 Å². The zero-order chi connectivity index (χ0) is 26.7. The van der Waals surface area contributed by atoms with Crippen molar-refractivity contribution in [2.45, 2.75) is 83.7 Å². The zero-order valence-corrected chi connectivity index (χ0v) is 22.5. The fraction of sp³-hybridized carbons (Fsp3) is 0.455. The second-order valence-corrected chi connectivity index (χ2v) is 12.4. The molecule has 198 valence electrons. The van der Waals surface area contributed by atoms with Gasteiger partial charge in [0.25, 0.3) is 0 Å². The number of aromatic nitrogens is 1. The number of carboxylic acids is 1. The molecule has 2 aromatic carbocycles. The first-order valence-electron chi connectivity index (χ1n) is 13.9. The second-order valence-electron chi connectivity index (χ2n) is 12.4. The van der Waals surface area contributed by atoms with Crippen molar-refractivity contribution in [3.8, 4) is 16.9 Å². The molecule has 3 aliphatic carbocycles. The third-order valence-corrected chi connectivity index (χ3v) is 9.74. The van der Waals surface area contributed by atoms with E-state index in [1.807, 2.05) is 31.2 Å². The fourth-order valence-corrected chi connectivity index (χ4v) is 7.49. The second kappa shape index (κ2) is 9.21. The predicted molar refractivity (Wildman–Crippen MR) is 146 cm³/mol. The van der Waals surface area contributed by atoms with Gasteiger partial charge in [-0.1, -0.05) is 44.5 Å². The minimum Gasteiger partial charge on any atom is -0.489 e. The monoisotopic (exact) mass is 513 g/mol. The van der Waals surface area contributed by atoms with E-state index >= 15 is 0 Å². The van der Waals surface area contributed by atoms with Gasteiger partial charge < -0.3 is 9.84 Å². The molecular weight excluding hydrogens is 477 g/mol. The van der Waals surface area contributed by atoms with E-state index in [1.54, 1.807) is 0 Å². The summed E-state index contributed by atoms with van der Waals surface area (Å²) in [5.41, 5.74) is 6.94. The lowest BCUT2D eigenvalue weighted by Gasteiger charge is -2.45. The van der Waals surface area contributed by atoms with Crippen molar-refractivity contribution in [1.82, 2.24) is 4.98 Å². The van der Waals surface area contributed by atoms with Gasteiger partial charge in [0, 0.05) is 16.7 Å². The highest BCUT2D eigenvalue weighted by Crippen LogP contribution is 2.57. The summed E-state index contributed by atoms with van der Waals surface area (Å²) in [6.07, 6.45) is 8.28. The summed E-state index contributed by atoms with van der Waals surface area (Å²) in [5, 5.41) is 9.74. The Hall–Kier alpha value is -3.21. The van der Waals surface area contributed by atoms with Gasteiger partial charge in [-0.25, -0.2) is 4.39 Å². The van der Waals surface area contributed by atoms with Crippen molar-refractivity contribution >= 4 is 5.97 Å². The van der Waals surface area contributed by atoms with Crippen LogP contribution in [-0.2, 0) is 23.2 Å². The number of aliphatic carboxylic acids is 1. The molecule has 0 bridgehead atoms. The Morgan fingerprint density at radius 1 is 1.08 bits per heavy atom. The molecule has 1 spiro atoms. The Morgan fingerprint density at radius 3 is 2.63 bits per heavy atom. The lowest BCUT2D eigenvalue weighted by atomic mass is 9.57. The van der Waals surface area contributed by atoms with Crippen molar-refractivity contribution in [3.05, 3.63) is 82.4 Å². The van der Waals surface area contributed by atoms with E-state index in [2.05, 4.69) is 37.0 Å². The molecule has 1 heterocycles. The molecule has 3 aliphatic rings. The van der Waals surface area contributed by atoms with Gasteiger partial charge in [0.05, 0.1) is 12.1 Å². The number of ether oxygens (including phenoxy) is 1. The van der Waals surface area contributed by atoms with Crippen molar-refractivity contribution in [3.63, 3.8) is 0 Å². The summed E-state index contributed by atoms with van der Waals surface area (Å²) >= 11 is 0. The molecule has 5 heteroatoms. The summed E-state index contributed by atoms with van der Waals surface area (Å²) in [6.45, 7) is 6.94. The van der Waals surface area contributed by atoms with E-state index in [-0.39, 0.29) is 22.6 Å². The van der Waals surface area contributed by atoms with Crippen LogP contribution in [-0.4, -0.2) is 16.1 Å². The van der Waals surface area contributed by atoms with Gasteiger partial charge in [-0.2, -0.15) is 0 Å². The maximum absolute atomic E-state index is 14.9. The van der Waals surface area contributed by atoms with E-state index in [0.29, 0.717) is 18.1 Å². The first kappa shape index (κ1) is 25.1. The maximum Gasteiger partial charge on any atom is 0.307 e. The Bertz CT molecular complexity index is 1410. The summed E-state index contributed by atoms with van der Waals surface area (Å²) in [7, 11) is 0. The summed E-state index contributed by atoms with van der Waals surface area (Å²) in [4.78, 5) is 16.0. The summed E-state index contributed by atoms with van der Waals surface area (Å²) in [5.74, 6) is -0.139. The molecule has 2 fully saturated rings. The molecule has 3 aromatic rings. The number of nitrogens with zero attached hydrogens (tertiary/aromatic N) is 1. The van der Waals surface area contributed by atoms with Crippen LogP contribution in [0.15, 0.2) is 48.7 Å². The van der Waals surface area contributed by atoms with E-state index < -0.39 is 5.97 Å². The highest BCUT2D eigenvalue weighted by Gasteiger charge is 2.54. The van der Waals surface area contributed by atoms with E-state index in [1.165, 1.54) is 29.3 Å². The van der Waals surface area contributed by atoms with Crippen LogP contribution in [0.2, 0.25) is 0 Å². The largest absolute Gasteiger partial charge is 0.489 e. The Balaban J connectivity index is 1.30. The van der Waals surface area contributed by atoms with Crippen molar-refractivity contribution in [1.29, 1.82) is 0 Å². The Morgan fingerprint density at radius 2 is 1.92 bits per heavy atom. The molecular formula is C33H36FNO3. The normalized spacial score (nSPS) is 25.3. The predicted octanol–water partition coefficient (Wildman–Crippen LogP) is 7.75. The average molecular weight is 514 g/mol. The number of fused-ring (bicyclic) bond motifs is 2. The third-order valence-electron chi connectivity index (χ3n) is 9.74. The molecule has 3 atom stereocenters. The van der Waals surface area contributed by atoms with Crippen LogP contribution in [0.3, 0.4) is 0 Å². The van der Waals surface area contributed by atoms with Crippen LogP contribution < -0.4 is 4.74 Å². The van der Waals surface area contributed by atoms with Gasteiger partial charge in [-0.05, 0) is 103 Å². The topological polar surface area (TPSA) is 59.4 Å². The van der Waals surface area contributed by atoms with E-state index in [9.17, 15) is 14.3 Å². The molecule has 6 rings (SSSR count). The van der Waals surface area contributed by atoms with Crippen LogP contribution in [0.4, 0.5) is 4.39 Å². The molecule has 0 aliphatic heterocycles. The number of halogens is 1. The molecule has 0 amide bonds. The van der Waals surface area contributed by atoms with E-state index in [4.69, 9.17) is 4.74 Å². The number of rotatable bonds is 6. The first-order chi connectivity index (χ1) is 18.2. The molecule has 2 saturated carbocycles. The lowest BCUT2D eigenvalue weighted by Crippen LogP contribution is -2.46. The molecule has 1 aromatic heterocycles. The zero-order valence-electron chi connectivity index (χ0n) is 22.5. The van der Waals surface area contributed by atoms with Crippen LogP contribution >= 0.6 is 0 Å². The van der Waals surface area contributed by atoms with Gasteiger partial charge >= 0.3 is 5.97 Å². The minimum absolute atomic E-state index is 0.143. The third kappa shape index (κ3) is 4.11. The number of hydrogen-bond acceptors (Lipinski definition) is 3. The van der Waals surface area contributed by atoms with Gasteiger partial charge in [0.2, 0.25) is 0 Å². The number of carbonyl (C=O) groups is 1. The highest BCUT2D eigenvalue weighted by molar-refractivity contribution is 5.75. The van der Waals surface area contributed by atoms with Crippen LogP contribution in [0.25, 0.3) is 11.1 Å². The molecule has 1 N–H and O–H groups in total. The molecule has 4 nitrogen and oxygen atoms in total. The Kier molecular flexibility index (Phi) is 6.08. The standard InChI is InChI=1S/C33H36FNO3/c1-20-15-26(30(34)18-35-20)24-9-6-21(16-25(24)27-5-4-12-32(27,2)3)19-38-23-8-7-22-10-13-33(29(22)17-23)14-11-28(33)31(36)37/h6-9,15-18,27-28H,4-5,10-14,19H2,1-3H3,(H,36,37)/t27-,28-,33-/m0/s1. The maximum atomic E-state index is 14.9.